The number of aliphatic carboxylic acids is 1. The Kier molecular flexibility index (Phi) is 5.50. The number of carboxylic acid groups (broad SMARTS) is 1. The second-order valence-electron chi connectivity index (χ2n) is 4.88. The van der Waals surface area contributed by atoms with E-state index in [1.807, 2.05) is 11.8 Å². The first-order valence-corrected chi connectivity index (χ1v) is 8.00. The lowest BCUT2D eigenvalue weighted by Crippen LogP contribution is -2.45. The number of carboxylic acids is 1. The van der Waals surface area contributed by atoms with Gasteiger partial charge in [0.25, 0.3) is 0 Å². The minimum absolute atomic E-state index is 0.104. The van der Waals surface area contributed by atoms with Gasteiger partial charge in [0, 0.05) is 11.6 Å². The Hall–Kier alpha value is -1.69. The summed E-state index contributed by atoms with van der Waals surface area (Å²) in [5, 5.41) is 11.0. The Morgan fingerprint density at radius 3 is 2.43 bits per heavy atom. The molecule has 1 saturated heterocycles. The van der Waals surface area contributed by atoms with Crippen LogP contribution in [0.3, 0.4) is 0 Å². The summed E-state index contributed by atoms with van der Waals surface area (Å²) in [5.74, 6) is 1.05. The summed E-state index contributed by atoms with van der Waals surface area (Å²) in [6.45, 7) is -0.422. The van der Waals surface area contributed by atoms with Crippen LogP contribution < -0.4 is 14.7 Å². The van der Waals surface area contributed by atoms with Gasteiger partial charge in [0.05, 0.1) is 19.6 Å². The lowest BCUT2D eigenvalue weighted by atomic mass is 10.0. The van der Waals surface area contributed by atoms with Crippen molar-refractivity contribution in [2.75, 3.05) is 30.1 Å². The molecule has 1 fully saturated rings. The Morgan fingerprint density at radius 1 is 1.29 bits per heavy atom. The molecule has 0 unspecified atom stereocenters. The highest BCUT2D eigenvalue weighted by atomic mass is 32.2. The number of anilines is 1. The largest absolute Gasteiger partial charge is 0.548 e. The molecular weight excluding hydrogens is 290 g/mol. The molecule has 21 heavy (non-hydrogen) atoms. The van der Waals surface area contributed by atoms with Gasteiger partial charge in [0.2, 0.25) is 5.91 Å². The molecule has 2 rings (SSSR count). The van der Waals surface area contributed by atoms with Crippen LogP contribution in [-0.4, -0.2) is 37.0 Å². The van der Waals surface area contributed by atoms with E-state index >= 15 is 0 Å². The fraction of sp³-hybridized carbons (Fsp3) is 0.467. The highest BCUT2D eigenvalue weighted by Crippen LogP contribution is 2.27. The molecule has 1 aromatic carbocycles. The topological polar surface area (TPSA) is 69.7 Å². The zero-order valence-corrected chi connectivity index (χ0v) is 12.7. The third kappa shape index (κ3) is 4.14. The fourth-order valence-corrected chi connectivity index (χ4v) is 3.46. The molecule has 5 nitrogen and oxygen atoms in total. The first-order chi connectivity index (χ1) is 10.1. The van der Waals surface area contributed by atoms with Crippen LogP contribution >= 0.6 is 11.8 Å². The summed E-state index contributed by atoms with van der Waals surface area (Å²) in [6, 6.07) is 6.80. The maximum absolute atomic E-state index is 12.6. The van der Waals surface area contributed by atoms with Crippen LogP contribution in [0.2, 0.25) is 0 Å². The van der Waals surface area contributed by atoms with Gasteiger partial charge in [-0.05, 0) is 48.6 Å². The number of hydrogen-bond acceptors (Lipinski definition) is 5. The van der Waals surface area contributed by atoms with Gasteiger partial charge in [0.15, 0.2) is 0 Å². The van der Waals surface area contributed by atoms with Crippen molar-refractivity contribution < 1.29 is 19.4 Å². The lowest BCUT2D eigenvalue weighted by molar-refractivity contribution is -0.303. The normalized spacial score (nSPS) is 15.5. The van der Waals surface area contributed by atoms with E-state index < -0.39 is 12.5 Å². The fourth-order valence-electron chi connectivity index (χ4n) is 2.35. The van der Waals surface area contributed by atoms with Gasteiger partial charge in [-0.25, -0.2) is 0 Å². The quantitative estimate of drug-likeness (QED) is 0.809. The van der Waals surface area contributed by atoms with Crippen molar-refractivity contribution >= 4 is 29.3 Å². The molecule has 0 spiro atoms. The van der Waals surface area contributed by atoms with Gasteiger partial charge in [-0.1, -0.05) is 0 Å². The van der Waals surface area contributed by atoms with Gasteiger partial charge < -0.3 is 19.5 Å². The van der Waals surface area contributed by atoms with Gasteiger partial charge in [0.1, 0.15) is 5.75 Å². The van der Waals surface area contributed by atoms with Crippen molar-refractivity contribution in [1.82, 2.24) is 0 Å². The van der Waals surface area contributed by atoms with Crippen LogP contribution in [0.4, 0.5) is 5.69 Å². The number of rotatable bonds is 5. The van der Waals surface area contributed by atoms with Crippen LogP contribution in [-0.2, 0) is 9.59 Å². The molecule has 0 atom stereocenters. The molecule has 0 bridgehead atoms. The smallest absolute Gasteiger partial charge is 0.230 e. The average Bonchev–Trinajstić information content (AvgIpc) is 2.53. The van der Waals surface area contributed by atoms with Crippen molar-refractivity contribution in [2.45, 2.75) is 12.8 Å². The number of methoxy groups -OCH3 is 1. The number of carbonyl (C=O) groups is 2. The Bertz CT molecular complexity index is 497. The average molecular weight is 308 g/mol. The van der Waals surface area contributed by atoms with Crippen LogP contribution in [0, 0.1) is 5.92 Å². The minimum atomic E-state index is -1.26. The van der Waals surface area contributed by atoms with E-state index in [0.717, 1.165) is 24.3 Å². The Balaban J connectivity index is 2.19. The molecule has 6 heteroatoms. The molecule has 0 radical (unpaired) electrons. The maximum atomic E-state index is 12.6. The molecule has 0 aliphatic carbocycles. The van der Waals surface area contributed by atoms with E-state index in [9.17, 15) is 14.7 Å². The summed E-state index contributed by atoms with van der Waals surface area (Å²) in [5.41, 5.74) is 0.559. The van der Waals surface area contributed by atoms with Crippen LogP contribution in [0.15, 0.2) is 24.3 Å². The molecule has 0 saturated carbocycles. The number of ether oxygens (including phenoxy) is 1. The van der Waals surface area contributed by atoms with Crippen LogP contribution in [0.1, 0.15) is 12.8 Å². The van der Waals surface area contributed by atoms with Crippen LogP contribution in [0.25, 0.3) is 0 Å². The van der Waals surface area contributed by atoms with Crippen molar-refractivity contribution in [2.24, 2.45) is 5.92 Å². The van der Waals surface area contributed by atoms with E-state index in [2.05, 4.69) is 0 Å². The first kappa shape index (κ1) is 15.7. The second kappa shape index (κ2) is 7.36. The zero-order valence-electron chi connectivity index (χ0n) is 11.9. The molecule has 0 N–H and O–H groups in total. The summed E-state index contributed by atoms with van der Waals surface area (Å²) in [7, 11) is 1.55. The Morgan fingerprint density at radius 2 is 1.90 bits per heavy atom. The summed E-state index contributed by atoms with van der Waals surface area (Å²) in [4.78, 5) is 24.8. The molecule has 1 heterocycles. The number of hydrogen-bond donors (Lipinski definition) is 0. The SMILES string of the molecule is COc1ccc(N(CC(=O)[O-])C(=O)C2CCSCC2)cc1. The summed E-state index contributed by atoms with van der Waals surface area (Å²) in [6.07, 6.45) is 1.59. The van der Waals surface area contributed by atoms with E-state index in [0.29, 0.717) is 11.4 Å². The lowest BCUT2D eigenvalue weighted by Gasteiger charge is -2.29. The number of benzene rings is 1. The highest BCUT2D eigenvalue weighted by molar-refractivity contribution is 7.99. The third-order valence-electron chi connectivity index (χ3n) is 3.51. The molecule has 0 aromatic heterocycles. The minimum Gasteiger partial charge on any atom is -0.548 e. The summed E-state index contributed by atoms with van der Waals surface area (Å²) < 4.78 is 5.07. The van der Waals surface area contributed by atoms with Gasteiger partial charge >= 0.3 is 0 Å². The summed E-state index contributed by atoms with van der Waals surface area (Å²) >= 11 is 1.83. The molecule has 114 valence electrons. The molecule has 1 aliphatic heterocycles. The molecule has 1 amide bonds. The molecule has 1 aliphatic rings. The standard InChI is InChI=1S/C15H19NO4S/c1-20-13-4-2-12(3-5-13)16(10-14(17)18)15(19)11-6-8-21-9-7-11/h2-5,11H,6-10H2,1H3,(H,17,18)/p-1. The first-order valence-electron chi connectivity index (χ1n) is 6.85. The van der Waals surface area contributed by atoms with E-state index in [1.54, 1.807) is 31.4 Å². The number of amides is 1. The van der Waals surface area contributed by atoms with E-state index in [1.165, 1.54) is 4.90 Å². The predicted molar refractivity (Wildman–Crippen MR) is 80.4 cm³/mol. The third-order valence-corrected chi connectivity index (χ3v) is 4.56. The van der Waals surface area contributed by atoms with Crippen molar-refractivity contribution in [1.29, 1.82) is 0 Å². The van der Waals surface area contributed by atoms with Gasteiger partial charge in [-0.2, -0.15) is 11.8 Å². The number of nitrogens with zero attached hydrogens (tertiary/aromatic N) is 1. The number of carbonyl (C=O) groups excluding carboxylic acids is 2. The van der Waals surface area contributed by atoms with E-state index in [-0.39, 0.29) is 11.8 Å². The Labute approximate surface area is 128 Å². The maximum Gasteiger partial charge on any atom is 0.230 e. The number of thioether (sulfide) groups is 1. The molecule has 1 aromatic rings. The van der Waals surface area contributed by atoms with Crippen molar-refractivity contribution in [3.8, 4) is 5.75 Å². The van der Waals surface area contributed by atoms with Gasteiger partial charge in [-0.3, -0.25) is 4.79 Å². The zero-order chi connectivity index (χ0) is 15.2. The van der Waals surface area contributed by atoms with Crippen molar-refractivity contribution in [3.05, 3.63) is 24.3 Å². The highest BCUT2D eigenvalue weighted by Gasteiger charge is 2.27. The van der Waals surface area contributed by atoms with Crippen LogP contribution in [0.5, 0.6) is 5.75 Å². The molecular formula is C15H18NO4S-. The monoisotopic (exact) mass is 308 g/mol. The van der Waals surface area contributed by atoms with Gasteiger partial charge in [-0.15, -0.1) is 0 Å². The second-order valence-corrected chi connectivity index (χ2v) is 6.11. The van der Waals surface area contributed by atoms with Crippen molar-refractivity contribution in [3.63, 3.8) is 0 Å². The van der Waals surface area contributed by atoms with E-state index in [4.69, 9.17) is 4.74 Å². The predicted octanol–water partition coefficient (Wildman–Crippen LogP) is 0.921.